The van der Waals surface area contributed by atoms with Crippen LogP contribution in [0.2, 0.25) is 0 Å². The van der Waals surface area contributed by atoms with E-state index in [1.54, 1.807) is 11.1 Å². The first-order chi connectivity index (χ1) is 16.0. The molecule has 5 nitrogen and oxygen atoms in total. The zero-order valence-electron chi connectivity index (χ0n) is 22.0. The molecule has 4 rings (SSSR count). The maximum Gasteiger partial charge on any atom is 0.317 e. The van der Waals surface area contributed by atoms with E-state index < -0.39 is 11.6 Å². The number of carbonyl (C=O) groups is 1. The normalized spacial score (nSPS) is 15.6. The molecule has 0 bridgehead atoms. The van der Waals surface area contributed by atoms with Crippen LogP contribution in [0.25, 0.3) is 16.7 Å². The second-order valence-corrected chi connectivity index (χ2v) is 6.85. The van der Waals surface area contributed by atoms with Crippen molar-refractivity contribution in [2.75, 3.05) is 13.1 Å². The van der Waals surface area contributed by atoms with Crippen molar-refractivity contribution in [1.82, 2.24) is 5.06 Å². The molecule has 2 aliphatic heterocycles. The number of rotatable bonds is 3. The number of aliphatic hydroxyl groups is 1. The number of carbonyl (C=O) groups excluding carboxylic acids is 1. The monoisotopic (exact) mass is 722 g/mol. The minimum atomic E-state index is -1.02. The molecule has 1 spiro atoms. The van der Waals surface area contributed by atoms with Gasteiger partial charge in [0, 0.05) is 79.7 Å². The SMILES string of the molecule is CC.CC.CC.[B]ON1CCC2(CC1)OC(=O)C(c1[c-]c(-c3ccccc3)[c-]cc1C)=C2O.[W].[Y]. The summed E-state index contributed by atoms with van der Waals surface area (Å²) in [5.74, 6) is -0.562. The molecule has 2 aromatic rings. The zero-order valence-corrected chi connectivity index (χ0v) is 27.7. The van der Waals surface area contributed by atoms with Crippen LogP contribution in [0.3, 0.4) is 0 Å². The van der Waals surface area contributed by atoms with Crippen LogP contribution < -0.4 is 0 Å². The quantitative estimate of drug-likeness (QED) is 0.239. The van der Waals surface area contributed by atoms with Gasteiger partial charge in [0.1, 0.15) is 0 Å². The van der Waals surface area contributed by atoms with Crippen molar-refractivity contribution in [2.24, 2.45) is 0 Å². The second-order valence-electron chi connectivity index (χ2n) is 6.85. The Morgan fingerprint density at radius 1 is 1.06 bits per heavy atom. The van der Waals surface area contributed by atoms with Gasteiger partial charge in [0.25, 0.3) is 5.97 Å². The summed E-state index contributed by atoms with van der Waals surface area (Å²) in [5.41, 5.74) is 2.18. The van der Waals surface area contributed by atoms with Gasteiger partial charge in [0.15, 0.2) is 5.60 Å². The van der Waals surface area contributed by atoms with Crippen LogP contribution in [0, 0.1) is 19.1 Å². The number of nitrogens with zero attached hydrogens (tertiary/aromatic N) is 1. The third kappa shape index (κ3) is 8.64. The molecule has 2 aliphatic rings. The Kier molecular flexibility index (Phi) is 19.2. The minimum Gasteiger partial charge on any atom is -0.522 e. The fraction of sp³-hybridized carbons (Fsp3) is 0.444. The molecule has 1 saturated heterocycles. The molecule has 1 fully saturated rings. The second kappa shape index (κ2) is 18.5. The topological polar surface area (TPSA) is 59.0 Å². The van der Waals surface area contributed by atoms with Crippen molar-refractivity contribution in [3.63, 3.8) is 0 Å². The Labute approximate surface area is 252 Å². The van der Waals surface area contributed by atoms with Crippen molar-refractivity contribution < 1.29 is 73.2 Å². The molecular formula is C27H36BNO4WY-2. The van der Waals surface area contributed by atoms with E-state index in [9.17, 15) is 9.90 Å². The molecule has 187 valence electrons. The summed E-state index contributed by atoms with van der Waals surface area (Å²) < 4.78 is 10.4. The average molecular weight is 722 g/mol. The summed E-state index contributed by atoms with van der Waals surface area (Å²) in [6, 6.07) is 17.9. The summed E-state index contributed by atoms with van der Waals surface area (Å²) in [5, 5.41) is 12.5. The number of aliphatic hydroxyl groups excluding tert-OH is 1. The van der Waals surface area contributed by atoms with Crippen molar-refractivity contribution in [3.8, 4) is 11.1 Å². The fourth-order valence-electron chi connectivity index (χ4n) is 3.65. The summed E-state index contributed by atoms with van der Waals surface area (Å²) in [4.78, 5) is 12.7. The Hall–Kier alpha value is -0.773. The van der Waals surface area contributed by atoms with Crippen molar-refractivity contribution in [1.29, 1.82) is 0 Å². The zero-order chi connectivity index (χ0) is 25.0. The van der Waals surface area contributed by atoms with Gasteiger partial charge in [-0.3, -0.25) is 4.79 Å². The molecule has 3 radical (unpaired) electrons. The van der Waals surface area contributed by atoms with E-state index >= 15 is 0 Å². The van der Waals surface area contributed by atoms with Crippen molar-refractivity contribution in [2.45, 2.75) is 66.9 Å². The minimum absolute atomic E-state index is 0. The molecule has 2 aromatic carbocycles. The molecule has 1 N–H and O–H groups in total. The Balaban J connectivity index is 0. The predicted octanol–water partition coefficient (Wildman–Crippen LogP) is 6.01. The number of hydrogen-bond acceptors (Lipinski definition) is 5. The van der Waals surface area contributed by atoms with Crippen LogP contribution in [-0.2, 0) is 68.1 Å². The molecule has 2 heterocycles. The van der Waals surface area contributed by atoms with Gasteiger partial charge in [0.05, 0.1) is 5.76 Å². The van der Waals surface area contributed by atoms with Crippen LogP contribution in [0.5, 0.6) is 0 Å². The first kappa shape index (κ1) is 36.4. The van der Waals surface area contributed by atoms with Crippen molar-refractivity contribution in [3.05, 3.63) is 65.4 Å². The van der Waals surface area contributed by atoms with Crippen LogP contribution in [0.1, 0.15) is 65.5 Å². The molecule has 0 amide bonds. The number of hydrogen-bond donors (Lipinski definition) is 1. The Bertz CT molecular complexity index is 917. The summed E-state index contributed by atoms with van der Waals surface area (Å²) in [7, 11) is 5.20. The van der Waals surface area contributed by atoms with Crippen molar-refractivity contribution >= 4 is 19.6 Å². The van der Waals surface area contributed by atoms with Crippen LogP contribution >= 0.6 is 0 Å². The maximum atomic E-state index is 12.7. The van der Waals surface area contributed by atoms with Crippen LogP contribution in [0.15, 0.2) is 42.2 Å². The number of piperidine rings is 1. The summed E-state index contributed by atoms with van der Waals surface area (Å²) >= 11 is 0. The number of ether oxygens (including phenoxy) is 1. The van der Waals surface area contributed by atoms with Gasteiger partial charge in [-0.2, -0.15) is 17.2 Å². The predicted molar refractivity (Wildman–Crippen MR) is 134 cm³/mol. The summed E-state index contributed by atoms with van der Waals surface area (Å²) in [6.45, 7) is 14.8. The molecule has 35 heavy (non-hydrogen) atoms. The smallest absolute Gasteiger partial charge is 0.317 e. The van der Waals surface area contributed by atoms with E-state index in [0.29, 0.717) is 31.5 Å². The Morgan fingerprint density at radius 3 is 2.11 bits per heavy atom. The van der Waals surface area contributed by atoms with Crippen LogP contribution in [-0.4, -0.2) is 42.9 Å². The standard InChI is InChI=1S/C21H18BNO4.3C2H6.W.Y/c1-14-7-8-16(15-5-3-2-4-6-15)13-17(14)18-19(24)21(26-20(18)25)9-11-23(27-22)12-10-21;3*1-2;;/h2-7,24H,9-12H2,1H3;3*1-2H3;;/q-2;;;;;. The van der Waals surface area contributed by atoms with Crippen LogP contribution in [0.4, 0.5) is 0 Å². The largest absolute Gasteiger partial charge is 0.522 e. The number of hydroxylamine groups is 2. The van der Waals surface area contributed by atoms with E-state index in [1.807, 2.05) is 78.8 Å². The van der Waals surface area contributed by atoms with Gasteiger partial charge in [0.2, 0.25) is 0 Å². The molecule has 0 aliphatic carbocycles. The van der Waals surface area contributed by atoms with E-state index in [1.165, 1.54) is 0 Å². The van der Waals surface area contributed by atoms with E-state index in [4.69, 9.17) is 17.5 Å². The van der Waals surface area contributed by atoms with Gasteiger partial charge >= 0.3 is 8.05 Å². The third-order valence-electron chi connectivity index (χ3n) is 5.23. The first-order valence-corrected chi connectivity index (χ1v) is 11.8. The Morgan fingerprint density at radius 2 is 1.60 bits per heavy atom. The number of benzene rings is 2. The van der Waals surface area contributed by atoms with Gasteiger partial charge in [-0.05, 0) is 5.57 Å². The third-order valence-corrected chi connectivity index (χ3v) is 5.23. The molecule has 0 aromatic heterocycles. The van der Waals surface area contributed by atoms with E-state index in [2.05, 4.69) is 12.1 Å². The fourth-order valence-corrected chi connectivity index (χ4v) is 3.65. The molecule has 0 saturated carbocycles. The van der Waals surface area contributed by atoms with Gasteiger partial charge in [-0.15, -0.1) is 12.1 Å². The average Bonchev–Trinajstić information content (AvgIpc) is 3.13. The first-order valence-electron chi connectivity index (χ1n) is 11.8. The molecular weight excluding hydrogens is 686 g/mol. The van der Waals surface area contributed by atoms with Gasteiger partial charge in [-0.1, -0.05) is 66.7 Å². The molecule has 8 heteroatoms. The molecule has 0 unspecified atom stereocenters. The van der Waals surface area contributed by atoms with Gasteiger partial charge in [-0.25, -0.2) is 28.3 Å². The van der Waals surface area contributed by atoms with Gasteiger partial charge < -0.3 is 14.6 Å². The summed E-state index contributed by atoms with van der Waals surface area (Å²) in [6.07, 6.45) is 0.823. The number of aryl methyl sites for hydroxylation is 1. The number of esters is 1. The maximum absolute atomic E-state index is 12.7. The van der Waals surface area contributed by atoms with E-state index in [-0.39, 0.29) is 65.1 Å². The molecule has 0 atom stereocenters. The van der Waals surface area contributed by atoms with E-state index in [0.717, 1.165) is 16.7 Å².